The number of carbonyl (C=O) groups excluding carboxylic acids is 3. The van der Waals surface area contributed by atoms with Crippen LogP contribution < -0.4 is 4.90 Å². The molecule has 150 valence electrons. The van der Waals surface area contributed by atoms with Crippen LogP contribution in [0.15, 0.2) is 42.6 Å². The van der Waals surface area contributed by atoms with Crippen LogP contribution in [-0.4, -0.2) is 39.4 Å². The Kier molecular flexibility index (Phi) is 4.06. The molecule has 2 aliphatic rings. The van der Waals surface area contributed by atoms with Crippen molar-refractivity contribution < 1.29 is 14.4 Å². The number of aromatic amines is 1. The zero-order valence-corrected chi connectivity index (χ0v) is 16.7. The largest absolute Gasteiger partial charge is 0.334 e. The first-order chi connectivity index (χ1) is 14.4. The van der Waals surface area contributed by atoms with Gasteiger partial charge in [0.1, 0.15) is 0 Å². The quantitative estimate of drug-likeness (QED) is 0.670. The van der Waals surface area contributed by atoms with Crippen molar-refractivity contribution >= 4 is 23.4 Å². The Labute approximate surface area is 173 Å². The van der Waals surface area contributed by atoms with Crippen molar-refractivity contribution in [1.82, 2.24) is 15.1 Å². The van der Waals surface area contributed by atoms with E-state index in [1.54, 1.807) is 29.3 Å². The molecule has 1 N–H and O–H groups in total. The first-order valence-electron chi connectivity index (χ1n) is 9.84. The molecule has 7 nitrogen and oxygen atoms in total. The topological polar surface area (TPSA) is 86.4 Å². The highest BCUT2D eigenvalue weighted by atomic mass is 16.2. The fourth-order valence-electron chi connectivity index (χ4n) is 4.13. The third-order valence-electron chi connectivity index (χ3n) is 5.83. The lowest BCUT2D eigenvalue weighted by Crippen LogP contribution is -2.35. The molecule has 1 aromatic heterocycles. The highest BCUT2D eigenvalue weighted by molar-refractivity contribution is 6.35. The maximum atomic E-state index is 13.1. The summed E-state index contributed by atoms with van der Waals surface area (Å²) in [5.74, 6) is -0.909. The van der Waals surface area contributed by atoms with E-state index in [9.17, 15) is 14.4 Å². The van der Waals surface area contributed by atoms with E-state index >= 15 is 0 Å². The lowest BCUT2D eigenvalue weighted by molar-refractivity contribution is 0.0734. The molecule has 7 heteroatoms. The minimum Gasteiger partial charge on any atom is -0.334 e. The van der Waals surface area contributed by atoms with Gasteiger partial charge in [-0.2, -0.15) is 5.10 Å². The number of hydrogen-bond acceptors (Lipinski definition) is 4. The Hall–Kier alpha value is -3.74. The third-order valence-corrected chi connectivity index (χ3v) is 5.83. The number of rotatable bonds is 2. The second-order valence-corrected chi connectivity index (χ2v) is 7.85. The Morgan fingerprint density at radius 1 is 1.03 bits per heavy atom. The molecule has 3 heterocycles. The molecular weight excluding hydrogens is 380 g/mol. The van der Waals surface area contributed by atoms with Gasteiger partial charge in [-0.15, -0.1) is 0 Å². The van der Waals surface area contributed by atoms with E-state index in [2.05, 4.69) is 10.2 Å². The summed E-state index contributed by atoms with van der Waals surface area (Å²) in [4.78, 5) is 42.1. The van der Waals surface area contributed by atoms with E-state index in [0.29, 0.717) is 36.3 Å². The van der Waals surface area contributed by atoms with Gasteiger partial charge < -0.3 is 4.90 Å². The molecule has 0 fully saturated rings. The smallest absolute Gasteiger partial charge is 0.266 e. The van der Waals surface area contributed by atoms with Crippen LogP contribution in [0.3, 0.4) is 0 Å². The molecule has 0 aliphatic carbocycles. The van der Waals surface area contributed by atoms with Gasteiger partial charge in [-0.05, 0) is 49.2 Å². The van der Waals surface area contributed by atoms with E-state index in [0.717, 1.165) is 22.4 Å². The predicted molar refractivity (Wildman–Crippen MR) is 111 cm³/mol. The zero-order valence-electron chi connectivity index (χ0n) is 16.7. The fourth-order valence-corrected chi connectivity index (χ4v) is 4.13. The van der Waals surface area contributed by atoms with Gasteiger partial charge in [-0.1, -0.05) is 12.1 Å². The fraction of sp³-hybridized carbons (Fsp3) is 0.217. The summed E-state index contributed by atoms with van der Waals surface area (Å²) in [5.41, 5.74) is 5.45. The summed E-state index contributed by atoms with van der Waals surface area (Å²) >= 11 is 0. The van der Waals surface area contributed by atoms with Crippen molar-refractivity contribution in [1.29, 1.82) is 0 Å². The van der Waals surface area contributed by atoms with Crippen molar-refractivity contribution in [3.63, 3.8) is 0 Å². The molecule has 0 radical (unpaired) electrons. The van der Waals surface area contributed by atoms with Crippen molar-refractivity contribution in [2.24, 2.45) is 0 Å². The molecular formula is C23H20N4O3. The molecule has 3 amide bonds. The molecule has 0 saturated heterocycles. The SMILES string of the molecule is Cc1ccc(C)c(N2C(=O)c3ccc(C(=O)N4CCc5[nH]ncc5C4)cc3C2=O)c1. The van der Waals surface area contributed by atoms with Crippen molar-refractivity contribution in [2.75, 3.05) is 11.4 Å². The van der Waals surface area contributed by atoms with Gasteiger partial charge in [0, 0.05) is 36.3 Å². The predicted octanol–water partition coefficient (Wildman–Crippen LogP) is 3.03. The monoisotopic (exact) mass is 400 g/mol. The average Bonchev–Trinajstić information content (AvgIpc) is 3.31. The molecule has 5 rings (SSSR count). The average molecular weight is 400 g/mol. The number of hydrogen-bond donors (Lipinski definition) is 1. The van der Waals surface area contributed by atoms with Crippen LogP contribution in [0.1, 0.15) is 53.5 Å². The van der Waals surface area contributed by atoms with Gasteiger partial charge in [0.05, 0.1) is 23.0 Å². The molecule has 3 aromatic rings. The third kappa shape index (κ3) is 2.74. The number of aryl methyl sites for hydroxylation is 2. The number of carbonyl (C=O) groups is 3. The normalized spacial score (nSPS) is 15.4. The Bertz CT molecular complexity index is 1230. The Morgan fingerprint density at radius 3 is 2.67 bits per heavy atom. The number of aromatic nitrogens is 2. The number of nitrogens with one attached hydrogen (secondary N) is 1. The number of amides is 3. The number of imide groups is 1. The first-order valence-corrected chi connectivity index (χ1v) is 9.84. The van der Waals surface area contributed by atoms with Gasteiger partial charge in [0.25, 0.3) is 17.7 Å². The van der Waals surface area contributed by atoms with Crippen LogP contribution in [-0.2, 0) is 13.0 Å². The minimum atomic E-state index is -0.394. The minimum absolute atomic E-state index is 0.157. The van der Waals surface area contributed by atoms with Crippen LogP contribution >= 0.6 is 0 Å². The van der Waals surface area contributed by atoms with Gasteiger partial charge in [0.15, 0.2) is 0 Å². The summed E-state index contributed by atoms with van der Waals surface area (Å²) in [6.45, 7) is 4.84. The maximum Gasteiger partial charge on any atom is 0.266 e. The second kappa shape index (κ2) is 6.66. The molecule has 0 saturated carbocycles. The molecule has 0 spiro atoms. The number of fused-ring (bicyclic) bond motifs is 2. The highest BCUT2D eigenvalue weighted by Crippen LogP contribution is 2.32. The molecule has 0 bridgehead atoms. The van der Waals surface area contributed by atoms with Crippen molar-refractivity contribution in [3.05, 3.63) is 81.7 Å². The van der Waals surface area contributed by atoms with Crippen LogP contribution in [0.25, 0.3) is 0 Å². The number of nitrogens with zero attached hydrogens (tertiary/aromatic N) is 3. The van der Waals surface area contributed by atoms with E-state index in [1.165, 1.54) is 4.90 Å². The summed E-state index contributed by atoms with van der Waals surface area (Å²) in [6, 6.07) is 10.4. The van der Waals surface area contributed by atoms with Gasteiger partial charge in [-0.25, -0.2) is 4.90 Å². The standard InChI is InChI=1S/C23H20N4O3/c1-13-3-4-14(2)20(9-13)27-22(29)17-6-5-15(10-18(17)23(27)30)21(28)26-8-7-19-16(12-26)11-24-25-19/h3-6,9-11H,7-8,12H2,1-2H3,(H,24,25). The Morgan fingerprint density at radius 2 is 1.83 bits per heavy atom. The summed E-state index contributed by atoms with van der Waals surface area (Å²) in [6.07, 6.45) is 2.45. The zero-order chi connectivity index (χ0) is 21.0. The van der Waals surface area contributed by atoms with Gasteiger partial charge in [-0.3, -0.25) is 19.5 Å². The molecule has 2 aliphatic heterocycles. The summed E-state index contributed by atoms with van der Waals surface area (Å²) < 4.78 is 0. The number of benzene rings is 2. The molecule has 0 unspecified atom stereocenters. The maximum absolute atomic E-state index is 13.1. The van der Waals surface area contributed by atoms with E-state index in [-0.39, 0.29) is 17.4 Å². The number of anilines is 1. The number of H-pyrrole nitrogens is 1. The molecule has 0 atom stereocenters. The van der Waals surface area contributed by atoms with Crippen LogP contribution in [0.2, 0.25) is 0 Å². The van der Waals surface area contributed by atoms with Gasteiger partial charge >= 0.3 is 0 Å². The summed E-state index contributed by atoms with van der Waals surface area (Å²) in [7, 11) is 0. The van der Waals surface area contributed by atoms with E-state index < -0.39 is 5.91 Å². The van der Waals surface area contributed by atoms with Crippen LogP contribution in [0.5, 0.6) is 0 Å². The second-order valence-electron chi connectivity index (χ2n) is 7.85. The van der Waals surface area contributed by atoms with Crippen LogP contribution in [0, 0.1) is 13.8 Å². The van der Waals surface area contributed by atoms with Crippen molar-refractivity contribution in [3.8, 4) is 0 Å². The van der Waals surface area contributed by atoms with Crippen LogP contribution in [0.4, 0.5) is 5.69 Å². The lowest BCUT2D eigenvalue weighted by atomic mass is 10.0. The highest BCUT2D eigenvalue weighted by Gasteiger charge is 2.38. The van der Waals surface area contributed by atoms with E-state index in [4.69, 9.17) is 0 Å². The summed E-state index contributed by atoms with van der Waals surface area (Å²) in [5, 5.41) is 6.99. The van der Waals surface area contributed by atoms with Crippen molar-refractivity contribution in [2.45, 2.75) is 26.8 Å². The van der Waals surface area contributed by atoms with E-state index in [1.807, 2.05) is 32.0 Å². The lowest BCUT2D eigenvalue weighted by Gasteiger charge is -2.26. The first kappa shape index (κ1) is 18.3. The van der Waals surface area contributed by atoms with Gasteiger partial charge in [0.2, 0.25) is 0 Å². The Balaban J connectivity index is 1.47. The molecule has 2 aromatic carbocycles. The molecule has 30 heavy (non-hydrogen) atoms.